The monoisotopic (exact) mass is 237 g/mol. The second-order valence-electron chi connectivity index (χ2n) is 4.67. The molecule has 0 spiro atoms. The Hall–Kier alpha value is -0.130. The minimum absolute atomic E-state index is 0.0123. The van der Waals surface area contributed by atoms with E-state index in [1.54, 1.807) is 0 Å². The van der Waals surface area contributed by atoms with Gasteiger partial charge in [0.2, 0.25) is 0 Å². The lowest BCUT2D eigenvalue weighted by molar-refractivity contribution is 0.217. The van der Waals surface area contributed by atoms with Gasteiger partial charge >= 0.3 is 0 Å². The van der Waals surface area contributed by atoms with Gasteiger partial charge in [-0.2, -0.15) is 0 Å². The standard InChI is InChI=1S/C10H23NO3S/c1-8(2)5-10(6-12)11-9(3)7-15(4,13)14/h8-12H,5-7H2,1-4H3. The van der Waals surface area contributed by atoms with Crippen molar-refractivity contribution in [2.24, 2.45) is 5.92 Å². The van der Waals surface area contributed by atoms with Gasteiger partial charge in [0, 0.05) is 18.3 Å². The van der Waals surface area contributed by atoms with E-state index in [0.29, 0.717) is 5.92 Å². The molecule has 0 aliphatic rings. The summed E-state index contributed by atoms with van der Waals surface area (Å²) in [5.74, 6) is 0.599. The fourth-order valence-corrected chi connectivity index (χ4v) is 2.67. The summed E-state index contributed by atoms with van der Waals surface area (Å²) in [5, 5.41) is 12.2. The molecule has 0 fully saturated rings. The molecule has 2 N–H and O–H groups in total. The highest BCUT2D eigenvalue weighted by molar-refractivity contribution is 7.90. The molecule has 0 aromatic heterocycles. The van der Waals surface area contributed by atoms with Crippen LogP contribution in [0.25, 0.3) is 0 Å². The molecule has 4 nitrogen and oxygen atoms in total. The van der Waals surface area contributed by atoms with Crippen LogP contribution in [0.15, 0.2) is 0 Å². The van der Waals surface area contributed by atoms with Crippen molar-refractivity contribution in [3.63, 3.8) is 0 Å². The topological polar surface area (TPSA) is 66.4 Å². The van der Waals surface area contributed by atoms with Crippen LogP contribution in [0.5, 0.6) is 0 Å². The van der Waals surface area contributed by atoms with E-state index in [1.807, 2.05) is 6.92 Å². The van der Waals surface area contributed by atoms with Crippen molar-refractivity contribution in [1.82, 2.24) is 5.32 Å². The maximum Gasteiger partial charge on any atom is 0.148 e. The second-order valence-corrected chi connectivity index (χ2v) is 6.85. The Kier molecular flexibility index (Phi) is 6.40. The molecular weight excluding hydrogens is 214 g/mol. The summed E-state index contributed by atoms with van der Waals surface area (Å²) in [5.41, 5.74) is 0. The third kappa shape index (κ3) is 8.84. The molecule has 15 heavy (non-hydrogen) atoms. The normalized spacial score (nSPS) is 16.7. The minimum atomic E-state index is -2.95. The van der Waals surface area contributed by atoms with Gasteiger partial charge in [-0.1, -0.05) is 13.8 Å². The highest BCUT2D eigenvalue weighted by atomic mass is 32.2. The fraction of sp³-hybridized carbons (Fsp3) is 1.00. The van der Waals surface area contributed by atoms with Gasteiger partial charge in [-0.3, -0.25) is 0 Å². The fourth-order valence-electron chi connectivity index (χ4n) is 1.67. The lowest BCUT2D eigenvalue weighted by Gasteiger charge is -2.22. The molecule has 0 saturated carbocycles. The lowest BCUT2D eigenvalue weighted by Crippen LogP contribution is -2.42. The summed E-state index contributed by atoms with van der Waals surface area (Å²) in [6, 6.07) is -0.127. The molecule has 0 saturated heterocycles. The summed E-state index contributed by atoms with van der Waals surface area (Å²) in [6.45, 7) is 6.02. The first kappa shape index (κ1) is 14.9. The van der Waals surface area contributed by atoms with Crippen molar-refractivity contribution in [2.75, 3.05) is 18.6 Å². The molecule has 0 aromatic rings. The predicted octanol–water partition coefficient (Wildman–Crippen LogP) is 0.416. The van der Waals surface area contributed by atoms with Crippen LogP contribution in [0.2, 0.25) is 0 Å². The Bertz CT molecular complexity index is 262. The van der Waals surface area contributed by atoms with E-state index in [9.17, 15) is 8.42 Å². The number of sulfone groups is 1. The van der Waals surface area contributed by atoms with Crippen molar-refractivity contribution in [1.29, 1.82) is 0 Å². The van der Waals surface area contributed by atoms with Crippen LogP contribution in [-0.4, -0.2) is 44.2 Å². The van der Waals surface area contributed by atoms with Gasteiger partial charge in [-0.05, 0) is 19.3 Å². The maximum atomic E-state index is 11.0. The number of nitrogens with one attached hydrogen (secondary N) is 1. The van der Waals surface area contributed by atoms with Crippen LogP contribution in [-0.2, 0) is 9.84 Å². The first-order chi connectivity index (χ1) is 6.74. The average Bonchev–Trinajstić information content (AvgIpc) is 1.98. The van der Waals surface area contributed by atoms with E-state index in [-0.39, 0.29) is 24.4 Å². The summed E-state index contributed by atoms with van der Waals surface area (Å²) in [6.07, 6.45) is 2.08. The first-order valence-corrected chi connectivity index (χ1v) is 7.35. The molecule has 2 atom stereocenters. The van der Waals surface area contributed by atoms with Gasteiger partial charge < -0.3 is 10.4 Å². The van der Waals surface area contributed by atoms with E-state index >= 15 is 0 Å². The van der Waals surface area contributed by atoms with Gasteiger partial charge in [0.25, 0.3) is 0 Å². The van der Waals surface area contributed by atoms with E-state index in [1.165, 1.54) is 6.26 Å². The summed E-state index contributed by atoms with van der Waals surface area (Å²) in [4.78, 5) is 0. The minimum Gasteiger partial charge on any atom is -0.395 e. The zero-order chi connectivity index (χ0) is 12.1. The van der Waals surface area contributed by atoms with Gasteiger partial charge in [0.1, 0.15) is 9.84 Å². The van der Waals surface area contributed by atoms with E-state index in [0.717, 1.165) is 6.42 Å². The Labute approximate surface area is 93.0 Å². The smallest absolute Gasteiger partial charge is 0.148 e. The summed E-state index contributed by atoms with van der Waals surface area (Å²) in [7, 11) is -2.95. The molecule has 0 heterocycles. The van der Waals surface area contributed by atoms with E-state index in [4.69, 9.17) is 5.11 Å². The Balaban J connectivity index is 4.07. The zero-order valence-corrected chi connectivity index (χ0v) is 10.8. The molecule has 92 valence electrons. The SMILES string of the molecule is CC(C)CC(CO)NC(C)CS(C)(=O)=O. The Morgan fingerprint density at radius 2 is 1.80 bits per heavy atom. The van der Waals surface area contributed by atoms with Crippen molar-refractivity contribution in [2.45, 2.75) is 39.3 Å². The molecule has 0 amide bonds. The molecule has 0 radical (unpaired) electrons. The van der Waals surface area contributed by atoms with E-state index in [2.05, 4.69) is 19.2 Å². The quantitative estimate of drug-likeness (QED) is 0.673. The lowest BCUT2D eigenvalue weighted by atomic mass is 10.0. The van der Waals surface area contributed by atoms with Gasteiger partial charge in [0.15, 0.2) is 0 Å². The van der Waals surface area contributed by atoms with Gasteiger partial charge in [-0.15, -0.1) is 0 Å². The third-order valence-corrected chi connectivity index (χ3v) is 3.15. The largest absolute Gasteiger partial charge is 0.395 e. The van der Waals surface area contributed by atoms with Gasteiger partial charge in [0.05, 0.1) is 12.4 Å². The number of hydrogen-bond donors (Lipinski definition) is 2. The number of rotatable bonds is 7. The molecule has 0 aliphatic heterocycles. The third-order valence-electron chi connectivity index (χ3n) is 2.05. The summed E-state index contributed by atoms with van der Waals surface area (Å²) >= 11 is 0. The maximum absolute atomic E-state index is 11.0. The first-order valence-electron chi connectivity index (χ1n) is 5.29. The summed E-state index contributed by atoms with van der Waals surface area (Å²) < 4.78 is 22.1. The predicted molar refractivity (Wildman–Crippen MR) is 62.6 cm³/mol. The molecule has 2 unspecified atom stereocenters. The van der Waals surface area contributed by atoms with Gasteiger partial charge in [-0.25, -0.2) is 8.42 Å². The number of aliphatic hydroxyl groups is 1. The second kappa shape index (κ2) is 6.45. The Morgan fingerprint density at radius 1 is 1.27 bits per heavy atom. The van der Waals surface area contributed by atoms with E-state index < -0.39 is 9.84 Å². The molecule has 0 bridgehead atoms. The number of aliphatic hydroxyl groups excluding tert-OH is 1. The molecule has 0 aliphatic carbocycles. The van der Waals surface area contributed by atoms with Crippen molar-refractivity contribution in [3.05, 3.63) is 0 Å². The van der Waals surface area contributed by atoms with Crippen molar-refractivity contribution < 1.29 is 13.5 Å². The van der Waals surface area contributed by atoms with Crippen molar-refractivity contribution >= 4 is 9.84 Å². The molecular formula is C10H23NO3S. The molecule has 0 rings (SSSR count). The van der Waals surface area contributed by atoms with Crippen molar-refractivity contribution in [3.8, 4) is 0 Å². The van der Waals surface area contributed by atoms with Crippen LogP contribution in [0.1, 0.15) is 27.2 Å². The van der Waals surface area contributed by atoms with Crippen LogP contribution in [0.3, 0.4) is 0 Å². The average molecular weight is 237 g/mol. The van der Waals surface area contributed by atoms with Crippen LogP contribution in [0, 0.1) is 5.92 Å². The Morgan fingerprint density at radius 3 is 2.13 bits per heavy atom. The highest BCUT2D eigenvalue weighted by Gasteiger charge is 2.15. The zero-order valence-electron chi connectivity index (χ0n) is 10.0. The van der Waals surface area contributed by atoms with Crippen LogP contribution in [0.4, 0.5) is 0 Å². The molecule has 5 heteroatoms. The number of hydrogen-bond acceptors (Lipinski definition) is 4. The molecule has 0 aromatic carbocycles. The van der Waals surface area contributed by atoms with Crippen LogP contribution >= 0.6 is 0 Å². The van der Waals surface area contributed by atoms with Crippen LogP contribution < -0.4 is 5.32 Å². The highest BCUT2D eigenvalue weighted by Crippen LogP contribution is 2.05.